The molecule has 1 saturated heterocycles. The Morgan fingerprint density at radius 1 is 1.10 bits per heavy atom. The van der Waals surface area contributed by atoms with Crippen LogP contribution < -0.4 is 5.56 Å². The number of hydrogen-bond acceptors (Lipinski definition) is 3. The lowest BCUT2D eigenvalue weighted by Crippen LogP contribution is -2.39. The second kappa shape index (κ2) is 9.27. The van der Waals surface area contributed by atoms with E-state index in [1.807, 2.05) is 23.1 Å². The van der Waals surface area contributed by atoms with Gasteiger partial charge in [-0.15, -0.1) is 11.8 Å². The number of aryl methyl sites for hydroxylation is 1. The smallest absolute Gasteiger partial charge is 0.251 e. The number of hydrogen-bond donors (Lipinski definition) is 0. The Balaban J connectivity index is 1.37. The van der Waals surface area contributed by atoms with Gasteiger partial charge >= 0.3 is 0 Å². The normalized spacial score (nSPS) is 14.9. The van der Waals surface area contributed by atoms with Crippen LogP contribution in [0.25, 0.3) is 10.9 Å². The predicted octanol–water partition coefficient (Wildman–Crippen LogP) is 4.77. The number of pyridine rings is 1. The number of piperidine rings is 1. The van der Waals surface area contributed by atoms with E-state index in [0.717, 1.165) is 48.2 Å². The van der Waals surface area contributed by atoms with Crippen molar-refractivity contribution in [2.45, 2.75) is 24.2 Å². The van der Waals surface area contributed by atoms with Crippen molar-refractivity contribution in [1.82, 2.24) is 9.47 Å². The first-order valence-corrected chi connectivity index (χ1v) is 11.6. The Morgan fingerprint density at radius 2 is 1.83 bits per heavy atom. The van der Waals surface area contributed by atoms with Crippen molar-refractivity contribution >= 4 is 40.2 Å². The molecule has 1 aliphatic rings. The minimum absolute atomic E-state index is 0.0959. The van der Waals surface area contributed by atoms with E-state index in [0.29, 0.717) is 16.7 Å². The molecule has 30 heavy (non-hydrogen) atoms. The number of rotatable bonds is 5. The summed E-state index contributed by atoms with van der Waals surface area (Å²) in [6.45, 7) is 1.62. The molecule has 0 aliphatic carbocycles. The zero-order chi connectivity index (χ0) is 21.1. The summed E-state index contributed by atoms with van der Waals surface area (Å²) in [5, 5.41) is 1.54. The summed E-state index contributed by atoms with van der Waals surface area (Å²) in [6, 6.07) is 17.7. The Kier molecular flexibility index (Phi) is 6.49. The lowest BCUT2D eigenvalue weighted by atomic mass is 9.90. The Hall–Kier alpha value is -2.24. The molecule has 1 aromatic heterocycles. The van der Waals surface area contributed by atoms with Crippen LogP contribution in [0.5, 0.6) is 0 Å². The highest BCUT2D eigenvalue weighted by Crippen LogP contribution is 2.29. The SMILES string of the molecule is Cn1c(=O)cc(SCC(=O)N2CCC(Cc3ccccc3)CC2)c2ccc(Cl)cc21. The van der Waals surface area contributed by atoms with Crippen molar-refractivity contribution < 1.29 is 4.79 Å². The Bertz CT molecular complexity index is 1110. The fraction of sp³-hybridized carbons (Fsp3) is 0.333. The van der Waals surface area contributed by atoms with Crippen LogP contribution in [0.15, 0.2) is 64.3 Å². The number of fused-ring (bicyclic) bond motifs is 1. The first-order chi connectivity index (χ1) is 14.5. The third-order valence-corrected chi connectivity index (χ3v) is 7.13. The molecule has 0 radical (unpaired) electrons. The third-order valence-electron chi connectivity index (χ3n) is 5.86. The first kappa shape index (κ1) is 21.0. The van der Waals surface area contributed by atoms with Gasteiger partial charge in [-0.3, -0.25) is 9.59 Å². The molecular formula is C24H25ClN2O2S. The fourth-order valence-corrected chi connectivity index (χ4v) is 5.22. The monoisotopic (exact) mass is 440 g/mol. The number of thioether (sulfide) groups is 1. The molecule has 0 spiro atoms. The number of amides is 1. The Labute approximate surface area is 185 Å². The molecule has 156 valence electrons. The van der Waals surface area contributed by atoms with Crippen LogP contribution in [-0.2, 0) is 18.3 Å². The van der Waals surface area contributed by atoms with E-state index in [-0.39, 0.29) is 11.5 Å². The van der Waals surface area contributed by atoms with Gasteiger partial charge in [0.1, 0.15) is 0 Å². The van der Waals surface area contributed by atoms with Gasteiger partial charge in [-0.2, -0.15) is 0 Å². The number of benzene rings is 2. The molecular weight excluding hydrogens is 416 g/mol. The maximum Gasteiger partial charge on any atom is 0.251 e. The average Bonchev–Trinajstić information content (AvgIpc) is 2.76. The van der Waals surface area contributed by atoms with Crippen LogP contribution in [0.2, 0.25) is 5.02 Å². The minimum Gasteiger partial charge on any atom is -0.342 e. The first-order valence-electron chi connectivity index (χ1n) is 10.2. The van der Waals surface area contributed by atoms with E-state index < -0.39 is 0 Å². The van der Waals surface area contributed by atoms with Crippen LogP contribution >= 0.6 is 23.4 Å². The van der Waals surface area contributed by atoms with Gasteiger partial charge in [-0.05, 0) is 42.9 Å². The van der Waals surface area contributed by atoms with Crippen molar-refractivity contribution in [2.24, 2.45) is 13.0 Å². The number of carbonyl (C=O) groups is 1. The predicted molar refractivity (Wildman–Crippen MR) is 124 cm³/mol. The maximum absolute atomic E-state index is 12.8. The maximum atomic E-state index is 12.8. The van der Waals surface area contributed by atoms with Gasteiger partial charge in [0.25, 0.3) is 5.56 Å². The lowest BCUT2D eigenvalue weighted by Gasteiger charge is -2.32. The highest BCUT2D eigenvalue weighted by atomic mass is 35.5. The van der Waals surface area contributed by atoms with Crippen LogP contribution in [0.1, 0.15) is 18.4 Å². The second-order valence-corrected chi connectivity index (χ2v) is 9.32. The number of nitrogens with zero attached hydrogens (tertiary/aromatic N) is 2. The zero-order valence-corrected chi connectivity index (χ0v) is 18.6. The molecule has 6 heteroatoms. The summed E-state index contributed by atoms with van der Waals surface area (Å²) >= 11 is 7.54. The van der Waals surface area contributed by atoms with Crippen LogP contribution in [0.3, 0.4) is 0 Å². The molecule has 0 N–H and O–H groups in total. The van der Waals surface area contributed by atoms with Gasteiger partial charge in [-0.1, -0.05) is 48.0 Å². The molecule has 2 heterocycles. The quantitative estimate of drug-likeness (QED) is 0.537. The summed E-state index contributed by atoms with van der Waals surface area (Å²) in [5.74, 6) is 1.12. The van der Waals surface area contributed by atoms with E-state index in [1.54, 1.807) is 23.7 Å². The molecule has 0 atom stereocenters. The molecule has 4 nitrogen and oxygen atoms in total. The molecule has 2 aromatic carbocycles. The highest BCUT2D eigenvalue weighted by molar-refractivity contribution is 8.00. The number of likely N-dealkylation sites (tertiary alicyclic amines) is 1. The third kappa shape index (κ3) is 4.73. The second-order valence-electron chi connectivity index (χ2n) is 7.87. The van der Waals surface area contributed by atoms with Crippen LogP contribution in [0.4, 0.5) is 0 Å². The molecule has 1 aliphatic heterocycles. The van der Waals surface area contributed by atoms with Crippen LogP contribution in [-0.4, -0.2) is 34.2 Å². The van der Waals surface area contributed by atoms with Gasteiger partial charge in [0.15, 0.2) is 0 Å². The van der Waals surface area contributed by atoms with Crippen molar-refractivity contribution in [2.75, 3.05) is 18.8 Å². The lowest BCUT2D eigenvalue weighted by molar-refractivity contribution is -0.129. The summed E-state index contributed by atoms with van der Waals surface area (Å²) in [4.78, 5) is 27.9. The van der Waals surface area contributed by atoms with E-state index >= 15 is 0 Å². The average molecular weight is 441 g/mol. The minimum atomic E-state index is -0.0959. The summed E-state index contributed by atoms with van der Waals surface area (Å²) in [6.07, 6.45) is 3.16. The standard InChI is InChI=1S/C24H25ClN2O2S/c1-26-21-14-19(25)7-8-20(21)22(15-23(26)28)30-16-24(29)27-11-9-18(10-12-27)13-17-5-3-2-4-6-17/h2-8,14-15,18H,9-13,16H2,1H3. The molecule has 4 rings (SSSR count). The van der Waals surface area contributed by atoms with Gasteiger partial charge in [0.05, 0.1) is 11.3 Å². The van der Waals surface area contributed by atoms with E-state index in [2.05, 4.69) is 24.3 Å². The number of halogens is 1. The van der Waals surface area contributed by atoms with Crippen molar-refractivity contribution in [1.29, 1.82) is 0 Å². The molecule has 1 amide bonds. The van der Waals surface area contributed by atoms with Gasteiger partial charge in [0, 0.05) is 41.5 Å². The van der Waals surface area contributed by atoms with Crippen LogP contribution in [0, 0.1) is 5.92 Å². The zero-order valence-electron chi connectivity index (χ0n) is 17.0. The van der Waals surface area contributed by atoms with E-state index in [4.69, 9.17) is 11.6 Å². The molecule has 0 bridgehead atoms. The largest absolute Gasteiger partial charge is 0.342 e. The number of aromatic nitrogens is 1. The van der Waals surface area contributed by atoms with E-state index in [9.17, 15) is 9.59 Å². The van der Waals surface area contributed by atoms with Gasteiger partial charge in [-0.25, -0.2) is 0 Å². The highest BCUT2D eigenvalue weighted by Gasteiger charge is 2.23. The number of carbonyl (C=O) groups excluding carboxylic acids is 1. The summed E-state index contributed by atoms with van der Waals surface area (Å²) in [5.41, 5.74) is 2.06. The topological polar surface area (TPSA) is 42.3 Å². The molecule has 3 aromatic rings. The fourth-order valence-electron chi connectivity index (χ4n) is 4.08. The Morgan fingerprint density at radius 3 is 2.57 bits per heavy atom. The molecule has 1 fully saturated rings. The van der Waals surface area contributed by atoms with Crippen molar-refractivity contribution in [3.8, 4) is 0 Å². The van der Waals surface area contributed by atoms with Crippen molar-refractivity contribution in [3.05, 3.63) is 75.5 Å². The summed E-state index contributed by atoms with van der Waals surface area (Å²) in [7, 11) is 1.74. The van der Waals surface area contributed by atoms with Crippen molar-refractivity contribution in [3.63, 3.8) is 0 Å². The van der Waals surface area contributed by atoms with Gasteiger partial charge < -0.3 is 9.47 Å². The van der Waals surface area contributed by atoms with Gasteiger partial charge in [0.2, 0.25) is 5.91 Å². The molecule has 0 saturated carbocycles. The molecule has 0 unspecified atom stereocenters. The van der Waals surface area contributed by atoms with E-state index in [1.165, 1.54) is 17.3 Å². The summed E-state index contributed by atoms with van der Waals surface area (Å²) < 4.78 is 1.59.